The van der Waals surface area contributed by atoms with Crippen LogP contribution in [0.25, 0.3) is 0 Å². The molecule has 0 saturated heterocycles. The zero-order valence-electron chi connectivity index (χ0n) is 7.70. The van der Waals surface area contributed by atoms with E-state index in [0.29, 0.717) is 0 Å². The molecule has 0 atom stereocenters. The maximum atomic E-state index is 9.60. The van der Waals surface area contributed by atoms with Crippen molar-refractivity contribution >= 4 is 11.9 Å². The number of carbonyl (C=O) groups is 2. The molecule has 0 heterocycles. The molecule has 2 N–H and O–H groups in total. The second-order valence-electron chi connectivity index (χ2n) is 2.17. The molecular weight excluding hydrogens is 172 g/mol. The molecule has 0 fully saturated rings. The molecule has 13 heavy (non-hydrogen) atoms. The van der Waals surface area contributed by atoms with E-state index in [4.69, 9.17) is 10.2 Å². The summed E-state index contributed by atoms with van der Waals surface area (Å²) in [4.78, 5) is 19.2. The number of carboxylic acids is 2. The van der Waals surface area contributed by atoms with Crippen molar-refractivity contribution in [1.82, 2.24) is 0 Å². The first kappa shape index (κ1) is 17.5. The molecule has 73 valence electrons. The molecule has 0 aromatic carbocycles. The van der Waals surface area contributed by atoms with Gasteiger partial charge in [-0.2, -0.15) is 0 Å². The normalized spacial score (nSPS) is 6.92. The van der Waals surface area contributed by atoms with Gasteiger partial charge in [-0.05, 0) is 21.3 Å². The Balaban J connectivity index is -0.000000143. The van der Waals surface area contributed by atoms with Crippen LogP contribution in [0.5, 0.6) is 0 Å². The summed E-state index contributed by atoms with van der Waals surface area (Å²) in [7, 11) is 0. The van der Waals surface area contributed by atoms with Crippen molar-refractivity contribution in [2.45, 2.75) is 13.8 Å². The first-order valence-electron chi connectivity index (χ1n) is 3.06. The Morgan fingerprint density at radius 1 is 0.923 bits per heavy atom. The van der Waals surface area contributed by atoms with Crippen LogP contribution in [0.15, 0.2) is 24.3 Å². The average molecular weight is 185 g/mol. The van der Waals surface area contributed by atoms with Crippen LogP contribution in [0.4, 0.5) is 0 Å². The zero-order valence-corrected chi connectivity index (χ0v) is 7.70. The quantitative estimate of drug-likeness (QED) is 0.639. The van der Waals surface area contributed by atoms with Crippen molar-refractivity contribution in [3.8, 4) is 0 Å². The Morgan fingerprint density at radius 3 is 1.00 bits per heavy atom. The van der Waals surface area contributed by atoms with Gasteiger partial charge in [-0.15, -0.1) is 0 Å². The number of hydrogen-bond donors (Lipinski definition) is 2. The van der Waals surface area contributed by atoms with Gasteiger partial charge >= 0.3 is 11.9 Å². The van der Waals surface area contributed by atoms with Gasteiger partial charge in [0.1, 0.15) is 0 Å². The zero-order chi connectivity index (χ0) is 10.3. The maximum Gasteiger partial charge on any atom is 0.330 e. The fourth-order valence-electron chi connectivity index (χ4n) is 0. The lowest BCUT2D eigenvalue weighted by molar-refractivity contribution is -0.133. The van der Waals surface area contributed by atoms with Crippen molar-refractivity contribution in [2.24, 2.45) is 0 Å². The van der Waals surface area contributed by atoms with Crippen molar-refractivity contribution in [3.63, 3.8) is 0 Å². The molecule has 0 aromatic rings. The lowest BCUT2D eigenvalue weighted by Crippen LogP contribution is -1.92. The van der Waals surface area contributed by atoms with Crippen LogP contribution < -0.4 is 0 Å². The molecule has 0 saturated carbocycles. The average Bonchev–Trinajstić information content (AvgIpc) is 1.88. The van der Waals surface area contributed by atoms with Gasteiger partial charge in [0.05, 0.1) is 0 Å². The Morgan fingerprint density at radius 2 is 1.00 bits per heavy atom. The van der Waals surface area contributed by atoms with Gasteiger partial charge in [0.25, 0.3) is 0 Å². The number of aliphatic carboxylic acids is 2. The Bertz CT molecular complexity index is 168. The van der Waals surface area contributed by atoms with Crippen LogP contribution in [0.1, 0.15) is 13.8 Å². The van der Waals surface area contributed by atoms with E-state index in [1.807, 2.05) is 0 Å². The standard InChI is InChI=1S/2C4H6O2.CH/c2*1-3(2)4(5)6;/h2*1H2,2H3,(H,5,6);1H. The Hall–Kier alpha value is -1.58. The van der Waals surface area contributed by atoms with Crippen molar-refractivity contribution in [3.05, 3.63) is 31.7 Å². The third-order valence-corrected chi connectivity index (χ3v) is 0.730. The van der Waals surface area contributed by atoms with Gasteiger partial charge in [0, 0.05) is 11.1 Å². The van der Waals surface area contributed by atoms with Crippen molar-refractivity contribution < 1.29 is 19.8 Å². The molecule has 0 spiro atoms. The van der Waals surface area contributed by atoms with Crippen LogP contribution in [-0.4, -0.2) is 22.2 Å². The fraction of sp³-hybridized carbons (Fsp3) is 0.222. The second kappa shape index (κ2) is 8.52. The fourth-order valence-corrected chi connectivity index (χ4v) is 0. The molecule has 4 heteroatoms. The van der Waals surface area contributed by atoms with E-state index in [0.717, 1.165) is 0 Å². The molecular formula is C9H13O4. The summed E-state index contributed by atoms with van der Waals surface area (Å²) in [6.45, 7) is 9.20. The first-order valence-corrected chi connectivity index (χ1v) is 3.06. The van der Waals surface area contributed by atoms with E-state index in [-0.39, 0.29) is 18.6 Å². The predicted molar refractivity (Wildman–Crippen MR) is 49.2 cm³/mol. The van der Waals surface area contributed by atoms with Gasteiger partial charge in [-0.1, -0.05) is 13.2 Å². The van der Waals surface area contributed by atoms with Gasteiger partial charge in [-0.25, -0.2) is 9.59 Å². The summed E-state index contributed by atoms with van der Waals surface area (Å²) >= 11 is 0. The summed E-state index contributed by atoms with van der Waals surface area (Å²) in [6.07, 6.45) is 0. The molecule has 0 rings (SSSR count). The van der Waals surface area contributed by atoms with Gasteiger partial charge in [0.15, 0.2) is 0 Å². The molecule has 3 radical (unpaired) electrons. The molecule has 0 aromatic heterocycles. The number of rotatable bonds is 2. The summed E-state index contributed by atoms with van der Waals surface area (Å²) in [5, 5.41) is 15.8. The van der Waals surface area contributed by atoms with Crippen LogP contribution in [0.2, 0.25) is 0 Å². The van der Waals surface area contributed by atoms with E-state index >= 15 is 0 Å². The topological polar surface area (TPSA) is 74.6 Å². The van der Waals surface area contributed by atoms with Gasteiger partial charge in [0.2, 0.25) is 0 Å². The van der Waals surface area contributed by atoms with Crippen LogP contribution in [0, 0.1) is 7.43 Å². The molecule has 0 aliphatic rings. The Kier molecular flexibility index (Phi) is 11.5. The van der Waals surface area contributed by atoms with Crippen molar-refractivity contribution in [2.75, 3.05) is 0 Å². The van der Waals surface area contributed by atoms with E-state index in [1.165, 1.54) is 13.8 Å². The summed E-state index contributed by atoms with van der Waals surface area (Å²) in [5.74, 6) is -1.87. The third-order valence-electron chi connectivity index (χ3n) is 0.730. The Labute approximate surface area is 78.2 Å². The molecule has 0 amide bonds. The van der Waals surface area contributed by atoms with Crippen LogP contribution >= 0.6 is 0 Å². The molecule has 0 bridgehead atoms. The van der Waals surface area contributed by atoms with Gasteiger partial charge < -0.3 is 10.2 Å². The van der Waals surface area contributed by atoms with E-state index in [2.05, 4.69) is 13.2 Å². The summed E-state index contributed by atoms with van der Waals surface area (Å²) in [6, 6.07) is 0. The van der Waals surface area contributed by atoms with E-state index in [9.17, 15) is 9.59 Å². The minimum Gasteiger partial charge on any atom is -0.478 e. The van der Waals surface area contributed by atoms with Crippen LogP contribution in [0.3, 0.4) is 0 Å². The molecule has 0 unspecified atom stereocenters. The summed E-state index contributed by atoms with van der Waals surface area (Å²) < 4.78 is 0. The SMILES string of the molecule is C=C(C)C(=O)O.C=C(C)C(=O)O.[CH]. The third kappa shape index (κ3) is 17.9. The number of carboxylic acid groups (broad SMARTS) is 2. The molecule has 4 nitrogen and oxygen atoms in total. The largest absolute Gasteiger partial charge is 0.478 e. The smallest absolute Gasteiger partial charge is 0.330 e. The second-order valence-corrected chi connectivity index (χ2v) is 2.17. The lowest BCUT2D eigenvalue weighted by atomic mass is 10.4. The number of hydrogen-bond acceptors (Lipinski definition) is 2. The van der Waals surface area contributed by atoms with E-state index < -0.39 is 11.9 Å². The highest BCUT2D eigenvalue weighted by molar-refractivity contribution is 5.85. The maximum absolute atomic E-state index is 9.60. The lowest BCUT2D eigenvalue weighted by Gasteiger charge is -1.79. The van der Waals surface area contributed by atoms with Crippen molar-refractivity contribution in [1.29, 1.82) is 0 Å². The first-order chi connectivity index (χ1) is 5.29. The van der Waals surface area contributed by atoms with Gasteiger partial charge in [-0.3, -0.25) is 0 Å². The monoisotopic (exact) mass is 185 g/mol. The minimum absolute atomic E-state index is 0. The molecule has 0 aliphatic heterocycles. The molecule has 0 aliphatic carbocycles. The van der Waals surface area contributed by atoms with E-state index in [1.54, 1.807) is 0 Å². The highest BCUT2D eigenvalue weighted by Crippen LogP contribution is 1.81. The van der Waals surface area contributed by atoms with Crippen LogP contribution in [-0.2, 0) is 9.59 Å². The summed E-state index contributed by atoms with van der Waals surface area (Å²) in [5.41, 5.74) is 0.352. The highest BCUT2D eigenvalue weighted by Gasteiger charge is 1.90. The predicted octanol–water partition coefficient (Wildman–Crippen LogP) is 1.50. The highest BCUT2D eigenvalue weighted by atomic mass is 16.4. The minimum atomic E-state index is -0.935.